The van der Waals surface area contributed by atoms with Crippen LogP contribution < -0.4 is 0 Å². The zero-order valence-corrected chi connectivity index (χ0v) is 23.4. The van der Waals surface area contributed by atoms with Gasteiger partial charge in [0.1, 0.15) is 0 Å². The van der Waals surface area contributed by atoms with Crippen molar-refractivity contribution >= 4 is 11.8 Å². The highest BCUT2D eigenvalue weighted by Gasteiger charge is 2.70. The Morgan fingerprint density at radius 1 is 0.943 bits per heavy atom. The number of hydrogen-bond donors (Lipinski definition) is 1. The molecule has 0 saturated heterocycles. The molecule has 0 aliphatic heterocycles. The van der Waals surface area contributed by atoms with E-state index in [0.717, 1.165) is 51.4 Å². The standard InChI is InChI=1S/C31H48O4/c1-26(2)22-9-12-31(7)24(29(22,5)11-10-23(26)35-8)21(32)17-19-20-18-28(4,25(33)34)14-13-27(20,3)15-16-30(19,31)6/h17,20,22-24H,9-16,18H2,1-8H3,(H,33,34). The van der Waals surface area contributed by atoms with Crippen LogP contribution in [0.1, 0.15) is 106 Å². The van der Waals surface area contributed by atoms with Gasteiger partial charge in [-0.3, -0.25) is 9.59 Å². The summed E-state index contributed by atoms with van der Waals surface area (Å²) >= 11 is 0. The van der Waals surface area contributed by atoms with Crippen molar-refractivity contribution in [2.45, 2.75) is 112 Å². The molecule has 35 heavy (non-hydrogen) atoms. The third-order valence-corrected chi connectivity index (χ3v) is 13.3. The molecule has 9 atom stereocenters. The van der Waals surface area contributed by atoms with E-state index < -0.39 is 11.4 Å². The molecule has 0 aromatic heterocycles. The van der Waals surface area contributed by atoms with E-state index in [1.54, 1.807) is 0 Å². The molecule has 0 aromatic carbocycles. The van der Waals surface area contributed by atoms with Crippen molar-refractivity contribution < 1.29 is 19.4 Å². The van der Waals surface area contributed by atoms with Crippen LogP contribution in [-0.4, -0.2) is 30.1 Å². The van der Waals surface area contributed by atoms with E-state index in [2.05, 4.69) is 47.6 Å². The van der Waals surface area contributed by atoms with E-state index in [9.17, 15) is 14.7 Å². The van der Waals surface area contributed by atoms with Crippen LogP contribution in [0, 0.1) is 50.2 Å². The molecule has 4 nitrogen and oxygen atoms in total. The molecular weight excluding hydrogens is 436 g/mol. The van der Waals surface area contributed by atoms with Crippen molar-refractivity contribution in [2.75, 3.05) is 7.11 Å². The minimum absolute atomic E-state index is 0.0263. The highest BCUT2D eigenvalue weighted by atomic mass is 16.5. The van der Waals surface area contributed by atoms with Gasteiger partial charge in [-0.15, -0.1) is 0 Å². The van der Waals surface area contributed by atoms with Crippen molar-refractivity contribution in [3.05, 3.63) is 11.6 Å². The maximum atomic E-state index is 14.3. The zero-order chi connectivity index (χ0) is 25.8. The van der Waals surface area contributed by atoms with E-state index in [1.807, 2.05) is 14.0 Å². The minimum Gasteiger partial charge on any atom is -0.481 e. The summed E-state index contributed by atoms with van der Waals surface area (Å²) in [6.07, 6.45) is 11.2. The predicted molar refractivity (Wildman–Crippen MR) is 138 cm³/mol. The van der Waals surface area contributed by atoms with Gasteiger partial charge in [-0.1, -0.05) is 47.1 Å². The summed E-state index contributed by atoms with van der Waals surface area (Å²) in [6.45, 7) is 16.3. The summed E-state index contributed by atoms with van der Waals surface area (Å²) in [5, 5.41) is 10.1. The summed E-state index contributed by atoms with van der Waals surface area (Å²) in [7, 11) is 1.85. The Bertz CT molecular complexity index is 980. The van der Waals surface area contributed by atoms with Crippen LogP contribution in [-0.2, 0) is 14.3 Å². The number of allylic oxidation sites excluding steroid dienone is 2. The van der Waals surface area contributed by atoms with Gasteiger partial charge in [0.05, 0.1) is 11.5 Å². The van der Waals surface area contributed by atoms with Crippen LogP contribution in [0.3, 0.4) is 0 Å². The van der Waals surface area contributed by atoms with Crippen molar-refractivity contribution in [2.24, 2.45) is 50.2 Å². The molecule has 4 heteroatoms. The molecular formula is C31H48O4. The number of hydrogen-bond acceptors (Lipinski definition) is 3. The Kier molecular flexibility index (Phi) is 5.43. The van der Waals surface area contributed by atoms with Crippen LogP contribution in [0.25, 0.3) is 0 Å². The van der Waals surface area contributed by atoms with Gasteiger partial charge in [-0.25, -0.2) is 0 Å². The molecule has 0 heterocycles. The average molecular weight is 485 g/mol. The number of carbonyl (C=O) groups is 2. The number of rotatable bonds is 2. The van der Waals surface area contributed by atoms with E-state index in [0.29, 0.717) is 18.1 Å². The molecule has 0 spiro atoms. The molecule has 0 radical (unpaired) electrons. The fraction of sp³-hybridized carbons (Fsp3) is 0.871. The Balaban J connectivity index is 1.61. The molecule has 4 saturated carbocycles. The van der Waals surface area contributed by atoms with Crippen LogP contribution in [0.2, 0.25) is 0 Å². The van der Waals surface area contributed by atoms with Crippen molar-refractivity contribution in [1.82, 2.24) is 0 Å². The van der Waals surface area contributed by atoms with E-state index in [1.165, 1.54) is 5.57 Å². The first-order valence-electron chi connectivity index (χ1n) is 14.1. The van der Waals surface area contributed by atoms with Gasteiger partial charge >= 0.3 is 5.97 Å². The van der Waals surface area contributed by atoms with Crippen LogP contribution >= 0.6 is 0 Å². The van der Waals surface area contributed by atoms with Crippen LogP contribution in [0.5, 0.6) is 0 Å². The van der Waals surface area contributed by atoms with E-state index >= 15 is 0 Å². The molecule has 9 unspecified atom stereocenters. The highest BCUT2D eigenvalue weighted by Crippen LogP contribution is 2.75. The lowest BCUT2D eigenvalue weighted by atomic mass is 9.33. The number of ketones is 1. The van der Waals surface area contributed by atoms with Gasteiger partial charge in [-0.2, -0.15) is 0 Å². The zero-order valence-electron chi connectivity index (χ0n) is 23.4. The smallest absolute Gasteiger partial charge is 0.309 e. The highest BCUT2D eigenvalue weighted by molar-refractivity contribution is 5.95. The largest absolute Gasteiger partial charge is 0.481 e. The lowest BCUT2D eigenvalue weighted by Crippen LogP contribution is -2.66. The van der Waals surface area contributed by atoms with Gasteiger partial charge in [0, 0.05) is 13.0 Å². The minimum atomic E-state index is -0.698. The number of carboxylic acids is 1. The molecule has 196 valence electrons. The molecule has 5 rings (SSSR count). The maximum absolute atomic E-state index is 14.3. The van der Waals surface area contributed by atoms with Crippen molar-refractivity contribution in [1.29, 1.82) is 0 Å². The second-order valence-corrected chi connectivity index (χ2v) is 15.1. The SMILES string of the molecule is COC1CCC2(C)C(CCC3(C)C2C(=O)C=C2C4CC(C)(C(=O)O)CCC4(C)CCC23C)C1(C)C. The van der Waals surface area contributed by atoms with Gasteiger partial charge in [0.15, 0.2) is 5.78 Å². The molecule has 4 fully saturated rings. The number of carbonyl (C=O) groups excluding carboxylic acids is 1. The molecule has 0 amide bonds. The predicted octanol–water partition coefficient (Wildman–Crippen LogP) is 7.07. The number of ether oxygens (including phenoxy) is 1. The first-order valence-corrected chi connectivity index (χ1v) is 14.1. The Hall–Kier alpha value is -1.16. The molecule has 0 bridgehead atoms. The third-order valence-electron chi connectivity index (χ3n) is 13.3. The second kappa shape index (κ2) is 7.45. The van der Waals surface area contributed by atoms with Crippen molar-refractivity contribution in [3.63, 3.8) is 0 Å². The summed E-state index contributed by atoms with van der Waals surface area (Å²) in [6, 6.07) is 0. The number of aliphatic carboxylic acids is 1. The van der Waals surface area contributed by atoms with Crippen LogP contribution in [0.4, 0.5) is 0 Å². The van der Waals surface area contributed by atoms with E-state index in [4.69, 9.17) is 4.74 Å². The summed E-state index contributed by atoms with van der Waals surface area (Å²) < 4.78 is 5.96. The van der Waals surface area contributed by atoms with Crippen LogP contribution in [0.15, 0.2) is 11.6 Å². The fourth-order valence-electron chi connectivity index (χ4n) is 10.8. The maximum Gasteiger partial charge on any atom is 0.309 e. The summed E-state index contributed by atoms with van der Waals surface area (Å²) in [4.78, 5) is 26.6. The van der Waals surface area contributed by atoms with Crippen molar-refractivity contribution in [3.8, 4) is 0 Å². The number of fused-ring (bicyclic) bond motifs is 7. The topological polar surface area (TPSA) is 63.6 Å². The molecule has 5 aliphatic carbocycles. The Morgan fingerprint density at radius 3 is 2.23 bits per heavy atom. The van der Waals surface area contributed by atoms with Gasteiger partial charge in [0.25, 0.3) is 0 Å². The molecule has 0 aromatic rings. The fourth-order valence-corrected chi connectivity index (χ4v) is 10.8. The van der Waals surface area contributed by atoms with Gasteiger partial charge in [0.2, 0.25) is 0 Å². The lowest BCUT2D eigenvalue weighted by Gasteiger charge is -2.70. The third kappa shape index (κ3) is 3.07. The summed E-state index contributed by atoms with van der Waals surface area (Å²) in [5.41, 5.74) is 0.577. The average Bonchev–Trinajstić information content (AvgIpc) is 2.76. The quantitative estimate of drug-likeness (QED) is 0.455. The lowest BCUT2D eigenvalue weighted by molar-refractivity contribution is -0.205. The monoisotopic (exact) mass is 484 g/mol. The van der Waals surface area contributed by atoms with E-state index in [-0.39, 0.29) is 45.0 Å². The molecule has 5 aliphatic rings. The first kappa shape index (κ1) is 25.5. The summed E-state index contributed by atoms with van der Waals surface area (Å²) in [5.74, 6) is 0.324. The van der Waals surface area contributed by atoms with Gasteiger partial charge < -0.3 is 9.84 Å². The Morgan fingerprint density at radius 2 is 1.60 bits per heavy atom. The Labute approximate surface area is 212 Å². The first-order chi connectivity index (χ1) is 16.1. The normalized spacial score (nSPS) is 52.9. The molecule has 1 N–H and O–H groups in total. The second-order valence-electron chi connectivity index (χ2n) is 15.1. The number of methoxy groups -OCH3 is 1. The number of carboxylic acid groups (broad SMARTS) is 1. The van der Waals surface area contributed by atoms with Gasteiger partial charge in [-0.05, 0) is 110 Å².